The minimum Gasteiger partial charge on any atom is -0.402 e. The van der Waals surface area contributed by atoms with Gasteiger partial charge in [-0.25, -0.2) is 0 Å². The Morgan fingerprint density at radius 3 is 0.796 bits per heavy atom. The third-order valence-electron chi connectivity index (χ3n) is 10.9. The molecule has 0 fully saturated rings. The summed E-state index contributed by atoms with van der Waals surface area (Å²) in [6.07, 6.45) is 59.1. The van der Waals surface area contributed by atoms with Crippen molar-refractivity contribution in [2.75, 3.05) is 0 Å². The topological polar surface area (TPSA) is 138 Å². The zero-order valence-electron chi connectivity index (χ0n) is 26.8. The van der Waals surface area contributed by atoms with Crippen LogP contribution in [0.4, 0.5) is 0 Å². The molecule has 8 rings (SSSR count). The fourth-order valence-electron chi connectivity index (χ4n) is 7.79. The summed E-state index contributed by atoms with van der Waals surface area (Å²) >= 11 is 0. The highest BCUT2D eigenvalue weighted by Gasteiger charge is 2.41. The van der Waals surface area contributed by atoms with Gasteiger partial charge in [0.2, 0.25) is 0 Å². The van der Waals surface area contributed by atoms with Crippen molar-refractivity contribution in [3.63, 3.8) is 0 Å². The summed E-state index contributed by atoms with van der Waals surface area (Å²) in [5, 5.41) is 23.0. The molecule has 0 aromatic heterocycles. The van der Waals surface area contributed by atoms with Crippen LogP contribution in [-0.4, -0.2) is 9.85 Å². The van der Waals surface area contributed by atoms with Gasteiger partial charge < -0.3 is 11.5 Å². The minimum atomic E-state index is -0.997. The normalized spacial score (nSPS) is 27.8. The third kappa shape index (κ3) is 5.24. The second-order valence-corrected chi connectivity index (χ2v) is 14.6. The fraction of sp³-hybridized carbons (Fsp3) is 0.220. The molecule has 49 heavy (non-hydrogen) atoms. The van der Waals surface area contributed by atoms with Gasteiger partial charge in [-0.2, -0.15) is 0 Å². The van der Waals surface area contributed by atoms with Crippen molar-refractivity contribution in [1.29, 1.82) is 0 Å². The maximum Gasteiger partial charge on any atom is 0.254 e. The smallest absolute Gasteiger partial charge is 0.254 e. The van der Waals surface area contributed by atoms with Gasteiger partial charge in [0.15, 0.2) is 0 Å². The lowest BCUT2D eigenvalue weighted by Crippen LogP contribution is -2.29. The Morgan fingerprint density at radius 1 is 0.367 bits per heavy atom. The van der Waals surface area contributed by atoms with E-state index in [1.165, 1.54) is 12.2 Å². The summed E-state index contributed by atoms with van der Waals surface area (Å²) in [5.41, 5.74) is 10.4. The molecule has 0 amide bonds. The Labute approximate surface area is 284 Å². The number of hydrogen-bond donors (Lipinski definition) is 2. The van der Waals surface area contributed by atoms with Crippen LogP contribution in [0.2, 0.25) is 0 Å². The van der Waals surface area contributed by atoms with Crippen molar-refractivity contribution < 1.29 is 9.85 Å². The van der Waals surface area contributed by atoms with Crippen molar-refractivity contribution in [3.05, 3.63) is 213 Å². The van der Waals surface area contributed by atoms with Crippen LogP contribution in [0.1, 0.15) is 12.8 Å². The van der Waals surface area contributed by atoms with Gasteiger partial charge >= 0.3 is 0 Å². The molecular weight excluding hydrogens is 612 g/mol. The Kier molecular flexibility index (Phi) is 6.31. The number of nitro groups is 2. The van der Waals surface area contributed by atoms with E-state index in [4.69, 9.17) is 11.5 Å². The average Bonchev–Trinajstić information content (AvgIpc) is 3.09. The van der Waals surface area contributed by atoms with E-state index < -0.39 is 20.7 Å². The first-order chi connectivity index (χ1) is 23.3. The first kappa shape index (κ1) is 30.6. The third-order valence-corrected chi connectivity index (χ3v) is 10.9. The molecule has 0 bridgehead atoms. The van der Waals surface area contributed by atoms with Crippen molar-refractivity contribution in [2.45, 2.75) is 12.8 Å². The molecule has 8 aliphatic carbocycles. The summed E-state index contributed by atoms with van der Waals surface area (Å²) in [6, 6.07) is 0. The summed E-state index contributed by atoms with van der Waals surface area (Å²) in [4.78, 5) is 21.9. The van der Waals surface area contributed by atoms with E-state index in [0.717, 1.165) is 11.4 Å². The summed E-state index contributed by atoms with van der Waals surface area (Å²) < 4.78 is 0. The molecule has 0 aromatic carbocycles. The summed E-state index contributed by atoms with van der Waals surface area (Å²) in [5.74, 6) is 0. The van der Waals surface area contributed by atoms with Crippen molar-refractivity contribution >= 4 is 0 Å². The van der Waals surface area contributed by atoms with E-state index in [9.17, 15) is 20.2 Å². The monoisotopic (exact) mass is 648 g/mol. The number of nitrogens with two attached hydrogens (primary N) is 2. The molecule has 0 saturated carbocycles. The van der Waals surface area contributed by atoms with Crippen LogP contribution in [0.3, 0.4) is 0 Å². The minimum absolute atomic E-state index is 0.171. The zero-order chi connectivity index (χ0) is 34.2. The van der Waals surface area contributed by atoms with Gasteiger partial charge in [-0.15, -0.1) is 0 Å². The molecule has 4 N–H and O–H groups in total. The lowest BCUT2D eigenvalue weighted by Gasteiger charge is -2.39. The van der Waals surface area contributed by atoms with E-state index in [-0.39, 0.29) is 44.9 Å². The van der Waals surface area contributed by atoms with Crippen LogP contribution in [0, 0.1) is 58.1 Å². The van der Waals surface area contributed by atoms with Crippen molar-refractivity contribution in [2.24, 2.45) is 49.4 Å². The van der Waals surface area contributed by atoms with E-state index in [1.54, 1.807) is 0 Å². The van der Waals surface area contributed by atoms with E-state index in [2.05, 4.69) is 134 Å². The first-order valence-electron chi connectivity index (χ1n) is 16.4. The number of rotatable bonds is 2. The Balaban J connectivity index is 0.950. The molecule has 0 aliphatic heterocycles. The van der Waals surface area contributed by atoms with Gasteiger partial charge in [-0.05, 0) is 12.2 Å². The Hall–Kier alpha value is -5.76. The lowest BCUT2D eigenvalue weighted by atomic mass is 9.64. The van der Waals surface area contributed by atoms with E-state index in [0.29, 0.717) is 6.42 Å². The molecule has 0 radical (unpaired) electrons. The van der Waals surface area contributed by atoms with Gasteiger partial charge in [0.1, 0.15) is 6.42 Å². The largest absolute Gasteiger partial charge is 0.402 e. The second kappa shape index (κ2) is 10.1. The van der Waals surface area contributed by atoms with Crippen LogP contribution in [-0.2, 0) is 0 Å². The maximum absolute atomic E-state index is 11.5. The highest BCUT2D eigenvalue weighted by molar-refractivity contribution is 5.54. The van der Waals surface area contributed by atoms with Gasteiger partial charge in [0.25, 0.3) is 11.4 Å². The average molecular weight is 649 g/mol. The Morgan fingerprint density at radius 2 is 0.571 bits per heavy atom. The van der Waals surface area contributed by atoms with E-state index >= 15 is 0 Å². The molecule has 0 aromatic rings. The molecule has 0 atom stereocenters. The molecule has 8 heteroatoms. The molecule has 0 heterocycles. The second-order valence-electron chi connectivity index (χ2n) is 14.6. The van der Waals surface area contributed by atoms with Crippen LogP contribution in [0.15, 0.2) is 193 Å². The molecule has 244 valence electrons. The number of nitrogens with zero attached hydrogens (tertiary/aromatic N) is 2. The van der Waals surface area contributed by atoms with Gasteiger partial charge in [0.05, 0.1) is 15.3 Å². The summed E-state index contributed by atoms with van der Waals surface area (Å²) in [7, 11) is 0. The maximum atomic E-state index is 11.5. The van der Waals surface area contributed by atoms with E-state index in [1.807, 2.05) is 24.3 Å². The SMILES string of the molecule is NC1=CC2(C=CC3(C=CC4(C=CC5(C=C4)C=CC4(C=C5)C=CC5(C=C4)C=CC4(C=C5)C=C([N+](=O)[O-])CC([N+](=O)[O-])=C4)C=C3)C=C2)C=C(N)C1. The quantitative estimate of drug-likeness (QED) is 0.181. The summed E-state index contributed by atoms with van der Waals surface area (Å²) in [6.45, 7) is 0. The Bertz CT molecular complexity index is 1930. The zero-order valence-corrected chi connectivity index (χ0v) is 26.8. The van der Waals surface area contributed by atoms with Crippen molar-refractivity contribution in [1.82, 2.24) is 0 Å². The highest BCUT2D eigenvalue weighted by Crippen LogP contribution is 2.50. The van der Waals surface area contributed by atoms with Crippen LogP contribution < -0.4 is 11.5 Å². The lowest BCUT2D eigenvalue weighted by molar-refractivity contribution is -0.451. The van der Waals surface area contributed by atoms with Gasteiger partial charge in [0, 0.05) is 62.5 Å². The van der Waals surface area contributed by atoms with Gasteiger partial charge in [-0.3, -0.25) is 20.2 Å². The van der Waals surface area contributed by atoms with Crippen LogP contribution >= 0.6 is 0 Å². The predicted molar refractivity (Wildman–Crippen MR) is 191 cm³/mol. The van der Waals surface area contributed by atoms with Crippen molar-refractivity contribution in [3.8, 4) is 0 Å². The van der Waals surface area contributed by atoms with Gasteiger partial charge in [-0.1, -0.05) is 146 Å². The van der Waals surface area contributed by atoms with Crippen LogP contribution in [0.5, 0.6) is 0 Å². The number of hydrogen-bond acceptors (Lipinski definition) is 6. The highest BCUT2D eigenvalue weighted by atomic mass is 16.6. The fourth-order valence-corrected chi connectivity index (χ4v) is 7.79. The standard InChI is InChI=1S/C41H36N4O4/c42-31-25-32(43)28-40(27-31)21-17-38(18-22-40)13-9-36(10-14-38)5-1-35(2-6-36)3-7-37(8-4-35)11-15-39(16-12-37)19-23-41(24-20-39)29-33(44(46)47)26-34(30-41)45(48)49/h1-24,27-30H,25-26,42-43H2. The molecule has 8 nitrogen and oxygen atoms in total. The number of allylic oxidation sites excluding steroid dienone is 28. The molecule has 0 saturated heterocycles. The molecule has 8 aliphatic rings. The molecule has 0 unspecified atom stereocenters. The molecule has 7 spiro atoms. The molecular formula is C41H36N4O4. The first-order valence-corrected chi connectivity index (χ1v) is 16.4. The van der Waals surface area contributed by atoms with Crippen LogP contribution in [0.25, 0.3) is 0 Å². The predicted octanol–water partition coefficient (Wildman–Crippen LogP) is 7.46.